The van der Waals surface area contributed by atoms with Crippen molar-refractivity contribution in [2.45, 2.75) is 20.8 Å². The first-order valence-electron chi connectivity index (χ1n) is 4.24. The zero-order valence-corrected chi connectivity index (χ0v) is 8.88. The average Bonchev–Trinajstić information content (AvgIpc) is 2.00. The van der Waals surface area contributed by atoms with Gasteiger partial charge in [0.2, 0.25) is 0 Å². The average molecular weight is 195 g/mol. The molecule has 0 saturated heterocycles. The van der Waals surface area contributed by atoms with Crippen LogP contribution in [0.2, 0.25) is 0 Å². The molecule has 5 heteroatoms. The summed E-state index contributed by atoms with van der Waals surface area (Å²) in [5, 5.41) is 0. The molecule has 4 nitrogen and oxygen atoms in total. The van der Waals surface area contributed by atoms with Gasteiger partial charge >= 0.3 is 7.60 Å². The molecule has 0 aromatic carbocycles. The quantitative estimate of drug-likeness (QED) is 0.652. The molecule has 0 saturated carbocycles. The molecule has 0 aliphatic carbocycles. The van der Waals surface area contributed by atoms with Crippen LogP contribution in [0.1, 0.15) is 20.8 Å². The minimum absolute atomic E-state index is 0.133. The second-order valence-corrected chi connectivity index (χ2v) is 4.32. The van der Waals surface area contributed by atoms with Crippen molar-refractivity contribution in [3.63, 3.8) is 0 Å². The summed E-state index contributed by atoms with van der Waals surface area (Å²) in [6.45, 7) is 7.45. The molecule has 0 aliphatic rings. The van der Waals surface area contributed by atoms with Gasteiger partial charge in [0.1, 0.15) is 6.29 Å². The molecule has 0 radical (unpaired) electrons. The Morgan fingerprint density at radius 3 is 2.17 bits per heavy atom. The van der Waals surface area contributed by atoms with Crippen LogP contribution in [0.15, 0.2) is 0 Å². The highest BCUT2D eigenvalue weighted by atomic mass is 31.2. The van der Waals surface area contributed by atoms with Crippen LogP contribution in [-0.4, -0.2) is 35.8 Å². The van der Waals surface area contributed by atoms with Crippen molar-refractivity contribution in [2.75, 3.05) is 26.0 Å². The highest BCUT2D eigenvalue weighted by molar-refractivity contribution is 7.52. The van der Waals surface area contributed by atoms with E-state index in [0.717, 1.165) is 13.1 Å². The van der Waals surface area contributed by atoms with Crippen LogP contribution < -0.4 is 0 Å². The van der Waals surface area contributed by atoms with Crippen LogP contribution in [0.3, 0.4) is 0 Å². The van der Waals surface area contributed by atoms with Crippen molar-refractivity contribution >= 4 is 7.60 Å². The van der Waals surface area contributed by atoms with Crippen LogP contribution in [0.5, 0.6) is 0 Å². The van der Waals surface area contributed by atoms with Crippen molar-refractivity contribution in [1.29, 1.82) is 0 Å². The fourth-order valence-electron chi connectivity index (χ4n) is 0.919. The molecule has 74 valence electrons. The van der Waals surface area contributed by atoms with Gasteiger partial charge in [-0.3, -0.25) is 9.46 Å². The van der Waals surface area contributed by atoms with Crippen molar-refractivity contribution in [1.82, 2.24) is 4.90 Å². The lowest BCUT2D eigenvalue weighted by molar-refractivity contribution is 0.242. The van der Waals surface area contributed by atoms with E-state index >= 15 is 0 Å². The van der Waals surface area contributed by atoms with Gasteiger partial charge in [-0.2, -0.15) is 0 Å². The highest BCUT2D eigenvalue weighted by Gasteiger charge is 2.20. The lowest BCUT2D eigenvalue weighted by Gasteiger charge is -2.20. The summed E-state index contributed by atoms with van der Waals surface area (Å²) in [5.74, 6) is 0. The van der Waals surface area contributed by atoms with Crippen LogP contribution in [0, 0.1) is 0 Å². The Hall–Kier alpha value is 0.110. The summed E-state index contributed by atoms with van der Waals surface area (Å²) in [7, 11) is -3.36. The van der Waals surface area contributed by atoms with Crippen LogP contribution in [0.4, 0.5) is 0 Å². The molecule has 0 bridgehead atoms. The molecule has 0 aromatic heterocycles. The van der Waals surface area contributed by atoms with Crippen molar-refractivity contribution in [2.24, 2.45) is 0 Å². The van der Waals surface area contributed by atoms with Crippen molar-refractivity contribution in [3.8, 4) is 0 Å². The van der Waals surface area contributed by atoms with Gasteiger partial charge in [0.15, 0.2) is 0 Å². The smallest absolute Gasteiger partial charge is 0.323 e. The molecular formula is C7H18NO3P. The van der Waals surface area contributed by atoms with E-state index < -0.39 is 7.60 Å². The largest absolute Gasteiger partial charge is 0.341 e. The number of rotatable bonds is 6. The van der Waals surface area contributed by atoms with Gasteiger partial charge in [0, 0.05) is 0 Å². The molecule has 12 heavy (non-hydrogen) atoms. The van der Waals surface area contributed by atoms with Gasteiger partial charge in [0.25, 0.3) is 0 Å². The van der Waals surface area contributed by atoms with Crippen LogP contribution >= 0.6 is 7.60 Å². The van der Waals surface area contributed by atoms with E-state index in [2.05, 4.69) is 0 Å². The summed E-state index contributed by atoms with van der Waals surface area (Å²) in [6.07, 6.45) is 0.133. The molecular weight excluding hydrogens is 177 g/mol. The normalized spacial score (nSPS) is 16.4. The summed E-state index contributed by atoms with van der Waals surface area (Å²) in [4.78, 5) is 11.1. The van der Waals surface area contributed by atoms with Gasteiger partial charge in [-0.05, 0) is 20.0 Å². The predicted octanol–water partition coefficient (Wildman–Crippen LogP) is 1.51. The van der Waals surface area contributed by atoms with Crippen molar-refractivity contribution in [3.05, 3.63) is 0 Å². The molecule has 0 rings (SSSR count). The van der Waals surface area contributed by atoms with E-state index in [0.29, 0.717) is 0 Å². The Bertz CT molecular complexity index is 159. The number of hydrogen-bond donors (Lipinski definition) is 1. The highest BCUT2D eigenvalue weighted by Crippen LogP contribution is 2.41. The summed E-state index contributed by atoms with van der Waals surface area (Å²) < 4.78 is 16.0. The minimum atomic E-state index is -3.36. The minimum Gasteiger partial charge on any atom is -0.323 e. The van der Waals surface area contributed by atoms with E-state index in [1.165, 1.54) is 0 Å². The summed E-state index contributed by atoms with van der Waals surface area (Å²) in [6, 6.07) is 0. The molecule has 1 atom stereocenters. The molecule has 0 aliphatic heterocycles. The first-order chi connectivity index (χ1) is 5.55. The number of nitrogens with zero attached hydrogens (tertiary/aromatic N) is 1. The molecule has 0 amide bonds. The first kappa shape index (κ1) is 12.1. The molecule has 0 heterocycles. The van der Waals surface area contributed by atoms with E-state index in [4.69, 9.17) is 4.52 Å². The zero-order chi connectivity index (χ0) is 9.61. The summed E-state index contributed by atoms with van der Waals surface area (Å²) in [5.41, 5.74) is 0. The second-order valence-electron chi connectivity index (χ2n) is 2.50. The van der Waals surface area contributed by atoms with Crippen LogP contribution in [-0.2, 0) is 9.09 Å². The monoisotopic (exact) mass is 195 g/mol. The standard InChI is InChI=1S/C7H18NO3P/c1-4-8(5-2)7-12(9,10)11-6-3/h4-7H2,1-3H3,(H,9,10). The lowest BCUT2D eigenvalue weighted by Crippen LogP contribution is -2.24. The SMILES string of the molecule is CCOP(=O)(O)CN(CC)CC. The summed E-state index contributed by atoms with van der Waals surface area (Å²) >= 11 is 0. The van der Waals surface area contributed by atoms with Gasteiger partial charge in [0.05, 0.1) is 6.61 Å². The van der Waals surface area contributed by atoms with E-state index in [1.807, 2.05) is 18.7 Å². The topological polar surface area (TPSA) is 49.8 Å². The van der Waals surface area contributed by atoms with Gasteiger partial charge < -0.3 is 9.42 Å². The van der Waals surface area contributed by atoms with Crippen LogP contribution in [0.25, 0.3) is 0 Å². The Morgan fingerprint density at radius 1 is 1.33 bits per heavy atom. The molecule has 0 aromatic rings. The van der Waals surface area contributed by atoms with Gasteiger partial charge in [-0.1, -0.05) is 13.8 Å². The first-order valence-corrected chi connectivity index (χ1v) is 6.00. The maximum Gasteiger partial charge on any atom is 0.341 e. The Kier molecular flexibility index (Phi) is 5.76. The Balaban J connectivity index is 3.94. The third-order valence-corrected chi connectivity index (χ3v) is 3.02. The molecule has 0 fully saturated rings. The van der Waals surface area contributed by atoms with Crippen molar-refractivity contribution < 1.29 is 14.0 Å². The third kappa shape index (κ3) is 4.88. The third-order valence-electron chi connectivity index (χ3n) is 1.60. The second kappa shape index (κ2) is 5.70. The van der Waals surface area contributed by atoms with E-state index in [1.54, 1.807) is 6.92 Å². The van der Waals surface area contributed by atoms with E-state index in [9.17, 15) is 9.46 Å². The predicted molar refractivity (Wildman–Crippen MR) is 49.2 cm³/mol. The molecule has 0 spiro atoms. The maximum atomic E-state index is 11.2. The maximum absolute atomic E-state index is 11.2. The Labute approximate surface area is 74.1 Å². The molecule has 1 N–H and O–H groups in total. The Morgan fingerprint density at radius 2 is 1.83 bits per heavy atom. The van der Waals surface area contributed by atoms with Gasteiger partial charge in [-0.15, -0.1) is 0 Å². The fraction of sp³-hybridized carbons (Fsp3) is 1.00. The lowest BCUT2D eigenvalue weighted by atomic mass is 10.6. The fourth-order valence-corrected chi connectivity index (χ4v) is 2.31. The van der Waals surface area contributed by atoms with Gasteiger partial charge in [-0.25, -0.2) is 0 Å². The van der Waals surface area contributed by atoms with E-state index in [-0.39, 0.29) is 12.9 Å². The zero-order valence-electron chi connectivity index (χ0n) is 7.99. The molecule has 1 unspecified atom stereocenters. The number of hydrogen-bond acceptors (Lipinski definition) is 3.